The molecule has 104 valence electrons. The van der Waals surface area contributed by atoms with E-state index in [0.29, 0.717) is 5.92 Å². The monoisotopic (exact) mass is 350 g/mol. The SMILES string of the molecule is NNC(c1c(Cl)cccc1Br)C1Cc2ccccc2C1. The van der Waals surface area contributed by atoms with E-state index in [1.807, 2.05) is 18.2 Å². The summed E-state index contributed by atoms with van der Waals surface area (Å²) in [7, 11) is 0. The smallest absolute Gasteiger partial charge is 0.0520 e. The Kier molecular flexibility index (Phi) is 4.13. The minimum Gasteiger partial charge on any atom is -0.271 e. The molecule has 3 rings (SSSR count). The Bertz CT molecular complexity index is 584. The second-order valence-corrected chi connectivity index (χ2v) is 6.48. The Morgan fingerprint density at radius 1 is 1.10 bits per heavy atom. The summed E-state index contributed by atoms with van der Waals surface area (Å²) in [5.41, 5.74) is 6.85. The van der Waals surface area contributed by atoms with Crippen molar-refractivity contribution < 1.29 is 0 Å². The van der Waals surface area contributed by atoms with Crippen LogP contribution in [0.4, 0.5) is 0 Å². The van der Waals surface area contributed by atoms with Crippen LogP contribution in [0.5, 0.6) is 0 Å². The van der Waals surface area contributed by atoms with Gasteiger partial charge < -0.3 is 0 Å². The van der Waals surface area contributed by atoms with E-state index in [-0.39, 0.29) is 6.04 Å². The molecule has 0 amide bonds. The molecule has 3 N–H and O–H groups in total. The summed E-state index contributed by atoms with van der Waals surface area (Å²) in [5.74, 6) is 6.25. The molecule has 4 heteroatoms. The number of hydrazine groups is 1. The highest BCUT2D eigenvalue weighted by Gasteiger charge is 2.31. The van der Waals surface area contributed by atoms with Crippen LogP contribution in [0.1, 0.15) is 22.7 Å². The van der Waals surface area contributed by atoms with E-state index in [4.69, 9.17) is 17.4 Å². The average molecular weight is 352 g/mol. The molecular formula is C16H16BrClN2. The van der Waals surface area contributed by atoms with Crippen LogP contribution in [0.2, 0.25) is 5.02 Å². The lowest BCUT2D eigenvalue weighted by Crippen LogP contribution is -2.34. The third-order valence-electron chi connectivity index (χ3n) is 4.04. The van der Waals surface area contributed by atoms with Crippen LogP contribution in [0.25, 0.3) is 0 Å². The quantitative estimate of drug-likeness (QED) is 0.647. The highest BCUT2D eigenvalue weighted by atomic mass is 79.9. The van der Waals surface area contributed by atoms with E-state index in [9.17, 15) is 0 Å². The van der Waals surface area contributed by atoms with Gasteiger partial charge in [-0.2, -0.15) is 0 Å². The summed E-state index contributed by atoms with van der Waals surface area (Å²) in [6.07, 6.45) is 2.06. The van der Waals surface area contributed by atoms with Crippen LogP contribution < -0.4 is 11.3 Å². The maximum absolute atomic E-state index is 6.37. The van der Waals surface area contributed by atoms with E-state index < -0.39 is 0 Å². The minimum absolute atomic E-state index is 0.0467. The molecule has 0 fully saturated rings. The summed E-state index contributed by atoms with van der Waals surface area (Å²) in [4.78, 5) is 0. The van der Waals surface area contributed by atoms with Crippen molar-refractivity contribution in [2.45, 2.75) is 18.9 Å². The van der Waals surface area contributed by atoms with Gasteiger partial charge in [0.05, 0.1) is 6.04 Å². The lowest BCUT2D eigenvalue weighted by Gasteiger charge is -2.25. The highest BCUT2D eigenvalue weighted by molar-refractivity contribution is 9.10. The first kappa shape index (κ1) is 14.1. The molecule has 2 nitrogen and oxygen atoms in total. The summed E-state index contributed by atoms with van der Waals surface area (Å²) >= 11 is 9.96. The first-order valence-corrected chi connectivity index (χ1v) is 7.84. The Labute approximate surface area is 132 Å². The van der Waals surface area contributed by atoms with E-state index in [1.165, 1.54) is 11.1 Å². The summed E-state index contributed by atoms with van der Waals surface area (Å²) in [6, 6.07) is 14.5. The van der Waals surface area contributed by atoms with Crippen molar-refractivity contribution in [2.75, 3.05) is 0 Å². The van der Waals surface area contributed by atoms with Gasteiger partial charge in [0.25, 0.3) is 0 Å². The molecule has 0 aromatic heterocycles. The second kappa shape index (κ2) is 5.86. The van der Waals surface area contributed by atoms with E-state index >= 15 is 0 Å². The van der Waals surface area contributed by atoms with Gasteiger partial charge in [0.1, 0.15) is 0 Å². The predicted octanol–water partition coefficient (Wildman–Crippen LogP) is 4.02. The lowest BCUT2D eigenvalue weighted by molar-refractivity contribution is 0.378. The number of rotatable bonds is 3. The van der Waals surface area contributed by atoms with Gasteiger partial charge in [-0.25, -0.2) is 0 Å². The molecule has 0 aliphatic heterocycles. The van der Waals surface area contributed by atoms with Gasteiger partial charge in [0, 0.05) is 15.1 Å². The fraction of sp³-hybridized carbons (Fsp3) is 0.250. The van der Waals surface area contributed by atoms with Crippen molar-refractivity contribution in [3.8, 4) is 0 Å². The number of hydrogen-bond donors (Lipinski definition) is 2. The summed E-state index contributed by atoms with van der Waals surface area (Å²) in [5, 5.41) is 0.748. The normalized spacial score (nSPS) is 16.1. The van der Waals surface area contributed by atoms with Crippen molar-refractivity contribution in [1.29, 1.82) is 0 Å². The topological polar surface area (TPSA) is 38.0 Å². The van der Waals surface area contributed by atoms with Crippen LogP contribution >= 0.6 is 27.5 Å². The highest BCUT2D eigenvalue weighted by Crippen LogP contribution is 2.39. The van der Waals surface area contributed by atoms with Crippen molar-refractivity contribution in [2.24, 2.45) is 11.8 Å². The van der Waals surface area contributed by atoms with Crippen LogP contribution in [0, 0.1) is 5.92 Å². The van der Waals surface area contributed by atoms with Crippen molar-refractivity contribution in [3.63, 3.8) is 0 Å². The first-order valence-electron chi connectivity index (χ1n) is 6.67. The zero-order chi connectivity index (χ0) is 14.1. The molecular weight excluding hydrogens is 336 g/mol. The van der Waals surface area contributed by atoms with Crippen LogP contribution in [0.3, 0.4) is 0 Å². The zero-order valence-corrected chi connectivity index (χ0v) is 13.3. The largest absolute Gasteiger partial charge is 0.271 e. The van der Waals surface area contributed by atoms with Crippen LogP contribution in [-0.2, 0) is 12.8 Å². The van der Waals surface area contributed by atoms with Gasteiger partial charge in [-0.1, -0.05) is 57.9 Å². The van der Waals surface area contributed by atoms with Gasteiger partial charge in [0.2, 0.25) is 0 Å². The first-order chi connectivity index (χ1) is 9.70. The molecule has 0 spiro atoms. The zero-order valence-electron chi connectivity index (χ0n) is 10.9. The Morgan fingerprint density at radius 2 is 1.75 bits per heavy atom. The summed E-state index contributed by atoms with van der Waals surface area (Å²) < 4.78 is 1.00. The van der Waals surface area contributed by atoms with E-state index in [1.54, 1.807) is 0 Å². The van der Waals surface area contributed by atoms with Crippen molar-refractivity contribution >= 4 is 27.5 Å². The number of fused-ring (bicyclic) bond motifs is 1. The maximum Gasteiger partial charge on any atom is 0.0520 e. The molecule has 0 radical (unpaired) electrons. The van der Waals surface area contributed by atoms with Gasteiger partial charge >= 0.3 is 0 Å². The van der Waals surface area contributed by atoms with Crippen LogP contribution in [-0.4, -0.2) is 0 Å². The molecule has 2 aromatic rings. The molecule has 1 atom stereocenters. The molecule has 20 heavy (non-hydrogen) atoms. The second-order valence-electron chi connectivity index (χ2n) is 5.22. The summed E-state index contributed by atoms with van der Waals surface area (Å²) in [6.45, 7) is 0. The number of nitrogens with two attached hydrogens (primary N) is 1. The van der Waals surface area contributed by atoms with Gasteiger partial charge in [-0.05, 0) is 42.0 Å². The number of benzene rings is 2. The van der Waals surface area contributed by atoms with E-state index in [2.05, 4.69) is 45.6 Å². The van der Waals surface area contributed by atoms with Gasteiger partial charge in [0.15, 0.2) is 0 Å². The molecule has 0 heterocycles. The molecule has 2 aromatic carbocycles. The Hall–Kier alpha value is -0.870. The number of hydrogen-bond acceptors (Lipinski definition) is 2. The standard InChI is InChI=1S/C16H16BrClN2/c17-13-6-3-7-14(18)15(13)16(20-19)12-8-10-4-1-2-5-11(10)9-12/h1-7,12,16,20H,8-9,19H2. The molecule has 1 aliphatic rings. The lowest BCUT2D eigenvalue weighted by atomic mass is 9.91. The fourth-order valence-corrected chi connectivity index (χ4v) is 4.11. The van der Waals surface area contributed by atoms with E-state index in [0.717, 1.165) is 27.9 Å². The fourth-order valence-electron chi connectivity index (χ4n) is 3.09. The third kappa shape index (κ3) is 2.51. The molecule has 0 saturated carbocycles. The number of nitrogens with one attached hydrogen (secondary N) is 1. The minimum atomic E-state index is 0.0467. The predicted molar refractivity (Wildman–Crippen MR) is 86.6 cm³/mol. The van der Waals surface area contributed by atoms with Crippen molar-refractivity contribution in [1.82, 2.24) is 5.43 Å². The number of halogens is 2. The van der Waals surface area contributed by atoms with Gasteiger partial charge in [-0.15, -0.1) is 0 Å². The molecule has 1 unspecified atom stereocenters. The molecule has 0 bridgehead atoms. The molecule has 1 aliphatic carbocycles. The van der Waals surface area contributed by atoms with Crippen LogP contribution in [0.15, 0.2) is 46.9 Å². The Balaban J connectivity index is 1.93. The van der Waals surface area contributed by atoms with Gasteiger partial charge in [-0.3, -0.25) is 11.3 Å². The third-order valence-corrected chi connectivity index (χ3v) is 5.07. The Morgan fingerprint density at radius 3 is 2.30 bits per heavy atom. The van der Waals surface area contributed by atoms with Crippen molar-refractivity contribution in [3.05, 3.63) is 68.7 Å². The maximum atomic E-state index is 6.37. The average Bonchev–Trinajstić information content (AvgIpc) is 2.86. The molecule has 0 saturated heterocycles.